The average molecular weight is 299 g/mol. The van der Waals surface area contributed by atoms with Crippen molar-refractivity contribution in [3.8, 4) is 0 Å². The predicted octanol–water partition coefficient (Wildman–Crippen LogP) is 2.12. The van der Waals surface area contributed by atoms with Crippen molar-refractivity contribution < 1.29 is 13.5 Å². The van der Waals surface area contributed by atoms with Crippen molar-refractivity contribution in [1.82, 2.24) is 4.72 Å². The van der Waals surface area contributed by atoms with Crippen LogP contribution in [0.15, 0.2) is 30.3 Å². The first-order valence-corrected chi connectivity index (χ1v) is 8.76. The molecule has 1 aromatic carbocycles. The van der Waals surface area contributed by atoms with Crippen LogP contribution in [0.3, 0.4) is 0 Å². The lowest BCUT2D eigenvalue weighted by Gasteiger charge is -2.17. The molecule has 0 aliphatic carbocycles. The SMILES string of the molecule is CCC(CCO)CNS(=O)(=O)CC(C)c1ccccc1. The molecule has 0 radical (unpaired) electrons. The van der Waals surface area contributed by atoms with Crippen LogP contribution in [0.4, 0.5) is 0 Å². The molecule has 4 nitrogen and oxygen atoms in total. The third kappa shape index (κ3) is 6.03. The van der Waals surface area contributed by atoms with E-state index in [1.807, 2.05) is 44.2 Å². The molecule has 5 heteroatoms. The van der Waals surface area contributed by atoms with Crippen LogP contribution in [-0.4, -0.2) is 32.4 Å². The van der Waals surface area contributed by atoms with E-state index >= 15 is 0 Å². The van der Waals surface area contributed by atoms with E-state index in [1.54, 1.807) is 0 Å². The Morgan fingerprint density at radius 3 is 2.45 bits per heavy atom. The maximum absolute atomic E-state index is 12.1. The van der Waals surface area contributed by atoms with Gasteiger partial charge in [-0.1, -0.05) is 50.6 Å². The lowest BCUT2D eigenvalue weighted by molar-refractivity contribution is 0.254. The van der Waals surface area contributed by atoms with Crippen molar-refractivity contribution in [2.75, 3.05) is 18.9 Å². The highest BCUT2D eigenvalue weighted by Gasteiger charge is 2.18. The van der Waals surface area contributed by atoms with Gasteiger partial charge in [-0.3, -0.25) is 0 Å². The smallest absolute Gasteiger partial charge is 0.212 e. The van der Waals surface area contributed by atoms with Crippen molar-refractivity contribution in [1.29, 1.82) is 0 Å². The third-order valence-electron chi connectivity index (χ3n) is 3.54. The molecule has 0 aliphatic heterocycles. The molecule has 0 spiro atoms. The standard InChI is InChI=1S/C15H25NO3S/c1-3-14(9-10-17)11-16-20(18,19)12-13(2)15-7-5-4-6-8-15/h4-8,13-14,16-17H,3,9-12H2,1-2H3. The summed E-state index contributed by atoms with van der Waals surface area (Å²) >= 11 is 0. The molecule has 20 heavy (non-hydrogen) atoms. The van der Waals surface area contributed by atoms with Crippen molar-refractivity contribution in [3.63, 3.8) is 0 Å². The first kappa shape index (κ1) is 17.1. The van der Waals surface area contributed by atoms with E-state index in [-0.39, 0.29) is 24.2 Å². The predicted molar refractivity (Wildman–Crippen MR) is 82.1 cm³/mol. The fourth-order valence-corrected chi connectivity index (χ4v) is 3.60. The summed E-state index contributed by atoms with van der Waals surface area (Å²) in [7, 11) is -3.28. The van der Waals surface area contributed by atoms with Gasteiger partial charge < -0.3 is 5.11 Å². The Kier molecular flexibility index (Phi) is 7.19. The van der Waals surface area contributed by atoms with Gasteiger partial charge in [-0.05, 0) is 23.8 Å². The second-order valence-electron chi connectivity index (χ2n) is 5.23. The molecule has 0 amide bonds. The number of rotatable bonds is 9. The number of benzene rings is 1. The minimum atomic E-state index is -3.28. The summed E-state index contributed by atoms with van der Waals surface area (Å²) in [6, 6.07) is 9.64. The highest BCUT2D eigenvalue weighted by Crippen LogP contribution is 2.16. The zero-order valence-electron chi connectivity index (χ0n) is 12.2. The van der Waals surface area contributed by atoms with Gasteiger partial charge in [0.2, 0.25) is 10.0 Å². The molecule has 0 saturated heterocycles. The molecule has 114 valence electrons. The van der Waals surface area contributed by atoms with Crippen molar-refractivity contribution in [2.45, 2.75) is 32.6 Å². The number of aliphatic hydroxyl groups is 1. The number of aliphatic hydroxyl groups excluding tert-OH is 1. The monoisotopic (exact) mass is 299 g/mol. The minimum Gasteiger partial charge on any atom is -0.396 e. The quantitative estimate of drug-likeness (QED) is 0.734. The van der Waals surface area contributed by atoms with Crippen LogP contribution in [0.1, 0.15) is 38.2 Å². The summed E-state index contributed by atoms with van der Waals surface area (Å²) in [6.45, 7) is 4.42. The molecule has 0 fully saturated rings. The Labute approximate surface area is 122 Å². The van der Waals surface area contributed by atoms with Gasteiger partial charge in [-0.2, -0.15) is 0 Å². The van der Waals surface area contributed by atoms with Crippen LogP contribution in [0.5, 0.6) is 0 Å². The number of hydrogen-bond donors (Lipinski definition) is 2. The number of nitrogens with one attached hydrogen (secondary N) is 1. The third-order valence-corrected chi connectivity index (χ3v) is 5.09. The normalized spacial score (nSPS) is 14.9. The van der Waals surface area contributed by atoms with Crippen molar-refractivity contribution >= 4 is 10.0 Å². The zero-order valence-corrected chi connectivity index (χ0v) is 13.1. The maximum Gasteiger partial charge on any atom is 0.212 e. The highest BCUT2D eigenvalue weighted by atomic mass is 32.2. The van der Waals surface area contributed by atoms with Gasteiger partial charge in [0.15, 0.2) is 0 Å². The largest absolute Gasteiger partial charge is 0.396 e. The topological polar surface area (TPSA) is 66.4 Å². The average Bonchev–Trinajstić information content (AvgIpc) is 2.44. The molecule has 2 unspecified atom stereocenters. The molecule has 2 atom stereocenters. The van der Waals surface area contributed by atoms with Gasteiger partial charge in [-0.25, -0.2) is 13.1 Å². The van der Waals surface area contributed by atoms with Crippen molar-refractivity contribution in [3.05, 3.63) is 35.9 Å². The summed E-state index contributed by atoms with van der Waals surface area (Å²) in [6.07, 6.45) is 1.49. The highest BCUT2D eigenvalue weighted by molar-refractivity contribution is 7.89. The van der Waals surface area contributed by atoms with Crippen LogP contribution >= 0.6 is 0 Å². The van der Waals surface area contributed by atoms with Crippen LogP contribution < -0.4 is 4.72 Å². The molecule has 0 bridgehead atoms. The van der Waals surface area contributed by atoms with Crippen LogP contribution in [-0.2, 0) is 10.0 Å². The molecule has 0 saturated carbocycles. The van der Waals surface area contributed by atoms with E-state index in [0.717, 1.165) is 12.0 Å². The van der Waals surface area contributed by atoms with E-state index in [9.17, 15) is 8.42 Å². The Morgan fingerprint density at radius 1 is 1.25 bits per heavy atom. The first-order valence-electron chi connectivity index (χ1n) is 7.11. The van der Waals surface area contributed by atoms with Gasteiger partial charge >= 0.3 is 0 Å². The van der Waals surface area contributed by atoms with E-state index in [0.29, 0.717) is 13.0 Å². The molecule has 0 heterocycles. The van der Waals surface area contributed by atoms with Crippen LogP contribution in [0.25, 0.3) is 0 Å². The van der Waals surface area contributed by atoms with Gasteiger partial charge in [0.05, 0.1) is 5.75 Å². The summed E-state index contributed by atoms with van der Waals surface area (Å²) in [5.41, 5.74) is 1.03. The van der Waals surface area contributed by atoms with E-state index in [1.165, 1.54) is 0 Å². The Bertz CT molecular complexity index is 473. The minimum absolute atomic E-state index is 0.0355. The molecule has 1 rings (SSSR count). The van der Waals surface area contributed by atoms with Gasteiger partial charge in [0, 0.05) is 13.2 Å². The maximum atomic E-state index is 12.1. The number of hydrogen-bond acceptors (Lipinski definition) is 3. The van der Waals surface area contributed by atoms with Crippen LogP contribution in [0.2, 0.25) is 0 Å². The fourth-order valence-electron chi connectivity index (χ4n) is 2.14. The Hall–Kier alpha value is -0.910. The summed E-state index contributed by atoms with van der Waals surface area (Å²) in [4.78, 5) is 0. The molecule has 0 aromatic heterocycles. The zero-order chi connectivity index (χ0) is 15.0. The Morgan fingerprint density at radius 2 is 1.90 bits per heavy atom. The molecule has 1 aromatic rings. The lowest BCUT2D eigenvalue weighted by Crippen LogP contribution is -2.33. The number of sulfonamides is 1. The molecular weight excluding hydrogens is 274 g/mol. The van der Waals surface area contributed by atoms with Crippen LogP contribution in [0, 0.1) is 5.92 Å². The Balaban J connectivity index is 2.53. The first-order chi connectivity index (χ1) is 9.48. The molecular formula is C15H25NO3S. The summed E-state index contributed by atoms with van der Waals surface area (Å²) < 4.78 is 26.8. The summed E-state index contributed by atoms with van der Waals surface area (Å²) in [5.74, 6) is 0.250. The second-order valence-corrected chi connectivity index (χ2v) is 7.08. The molecule has 0 aliphatic rings. The lowest BCUT2D eigenvalue weighted by atomic mass is 10.0. The van der Waals surface area contributed by atoms with Gasteiger partial charge in [0.25, 0.3) is 0 Å². The van der Waals surface area contributed by atoms with E-state index < -0.39 is 10.0 Å². The van der Waals surface area contributed by atoms with E-state index in [4.69, 9.17) is 5.11 Å². The second kappa shape index (κ2) is 8.39. The van der Waals surface area contributed by atoms with Gasteiger partial charge in [0.1, 0.15) is 0 Å². The van der Waals surface area contributed by atoms with E-state index in [2.05, 4.69) is 4.72 Å². The molecule has 2 N–H and O–H groups in total. The fraction of sp³-hybridized carbons (Fsp3) is 0.600. The van der Waals surface area contributed by atoms with Gasteiger partial charge in [-0.15, -0.1) is 0 Å². The van der Waals surface area contributed by atoms with Crippen molar-refractivity contribution in [2.24, 2.45) is 5.92 Å². The summed E-state index contributed by atoms with van der Waals surface area (Å²) in [5, 5.41) is 8.91.